The van der Waals surface area contributed by atoms with Gasteiger partial charge in [-0.2, -0.15) is 0 Å². The fraction of sp³-hybridized carbons (Fsp3) is 0.100. The molecule has 1 amide bonds. The Morgan fingerprint density at radius 1 is 1.04 bits per heavy atom. The minimum atomic E-state index is -0.634. The highest BCUT2D eigenvalue weighted by Crippen LogP contribution is 2.29. The predicted molar refractivity (Wildman–Crippen MR) is 98.9 cm³/mol. The Kier molecular flexibility index (Phi) is 4.41. The van der Waals surface area contributed by atoms with Crippen LogP contribution in [-0.4, -0.2) is 18.0 Å². The first-order valence-corrected chi connectivity index (χ1v) is 8.98. The molecule has 5 nitrogen and oxygen atoms in total. The number of hydrogen-bond donors (Lipinski definition) is 1. The van der Waals surface area contributed by atoms with E-state index in [2.05, 4.69) is 5.32 Å². The van der Waals surface area contributed by atoms with Gasteiger partial charge in [-0.05, 0) is 47.3 Å². The fourth-order valence-corrected chi connectivity index (χ4v) is 3.32. The summed E-state index contributed by atoms with van der Waals surface area (Å²) >= 11 is 1.38. The molecule has 1 aliphatic heterocycles. The third-order valence-corrected chi connectivity index (χ3v) is 4.85. The van der Waals surface area contributed by atoms with Crippen molar-refractivity contribution in [1.82, 2.24) is 0 Å². The van der Waals surface area contributed by atoms with Gasteiger partial charge in [-0.25, -0.2) is 4.79 Å². The number of para-hydroxylation sites is 1. The summed E-state index contributed by atoms with van der Waals surface area (Å²) in [5.74, 6) is 0.531. The number of anilines is 1. The number of ether oxygens (including phenoxy) is 2. The third kappa shape index (κ3) is 3.45. The summed E-state index contributed by atoms with van der Waals surface area (Å²) in [4.78, 5) is 24.9. The van der Waals surface area contributed by atoms with Crippen LogP contribution in [0.1, 0.15) is 15.2 Å². The molecular formula is C20H15NO4S. The van der Waals surface area contributed by atoms with Crippen LogP contribution >= 0.6 is 11.3 Å². The molecule has 1 aromatic heterocycles. The van der Waals surface area contributed by atoms with Crippen molar-refractivity contribution in [2.24, 2.45) is 0 Å². The molecule has 1 aliphatic rings. The van der Waals surface area contributed by atoms with Crippen LogP contribution in [0.2, 0.25) is 0 Å². The first-order valence-electron chi connectivity index (χ1n) is 8.10. The molecule has 2 aromatic carbocycles. The second-order valence-electron chi connectivity index (χ2n) is 5.80. The van der Waals surface area contributed by atoms with Gasteiger partial charge in [0.25, 0.3) is 5.91 Å². The number of carbonyl (C=O) groups is 2. The van der Waals surface area contributed by atoms with E-state index in [1.165, 1.54) is 11.3 Å². The summed E-state index contributed by atoms with van der Waals surface area (Å²) in [6.07, 6.45) is -0.130. The van der Waals surface area contributed by atoms with Crippen molar-refractivity contribution in [2.75, 3.05) is 5.32 Å². The monoisotopic (exact) mass is 365 g/mol. The molecule has 0 fully saturated rings. The highest BCUT2D eigenvalue weighted by molar-refractivity contribution is 7.12. The Morgan fingerprint density at radius 2 is 1.85 bits per heavy atom. The Labute approximate surface area is 154 Å². The molecule has 0 bridgehead atoms. The zero-order chi connectivity index (χ0) is 17.9. The molecular weight excluding hydrogens is 350 g/mol. The molecule has 1 atom stereocenters. The van der Waals surface area contributed by atoms with Crippen molar-refractivity contribution in [3.05, 3.63) is 76.5 Å². The smallest absolute Gasteiger partial charge is 0.353 e. The van der Waals surface area contributed by atoms with Crippen molar-refractivity contribution in [3.8, 4) is 11.5 Å². The van der Waals surface area contributed by atoms with E-state index in [9.17, 15) is 9.59 Å². The van der Waals surface area contributed by atoms with Gasteiger partial charge in [0.05, 0.1) is 4.88 Å². The fourth-order valence-electron chi connectivity index (χ4n) is 2.70. The SMILES string of the molecule is O=C(Nc1ccc(OC(=O)[C@@H]2Cc3ccccc3O2)cc1)c1cccs1. The average Bonchev–Trinajstić information content (AvgIpc) is 3.33. The Morgan fingerprint density at radius 3 is 2.58 bits per heavy atom. The number of rotatable bonds is 4. The lowest BCUT2D eigenvalue weighted by Gasteiger charge is -2.11. The summed E-state index contributed by atoms with van der Waals surface area (Å²) in [5.41, 5.74) is 1.63. The normalized spacial score (nSPS) is 15.0. The average molecular weight is 365 g/mol. The van der Waals surface area contributed by atoms with Crippen LogP contribution in [0.3, 0.4) is 0 Å². The van der Waals surface area contributed by atoms with E-state index in [0.29, 0.717) is 22.7 Å². The molecule has 4 rings (SSSR count). The summed E-state index contributed by atoms with van der Waals surface area (Å²) in [6.45, 7) is 0. The van der Waals surface area contributed by atoms with Gasteiger partial charge < -0.3 is 14.8 Å². The van der Waals surface area contributed by atoms with E-state index in [1.807, 2.05) is 35.7 Å². The zero-order valence-corrected chi connectivity index (χ0v) is 14.5. The van der Waals surface area contributed by atoms with Crippen LogP contribution in [-0.2, 0) is 11.2 Å². The molecule has 3 aromatic rings. The van der Waals surface area contributed by atoms with Crippen molar-refractivity contribution in [3.63, 3.8) is 0 Å². The first kappa shape index (κ1) is 16.4. The molecule has 2 heterocycles. The summed E-state index contributed by atoms with van der Waals surface area (Å²) in [6, 6.07) is 17.8. The number of thiophene rings is 1. The molecule has 130 valence electrons. The second-order valence-corrected chi connectivity index (χ2v) is 6.74. The van der Waals surface area contributed by atoms with Crippen molar-refractivity contribution < 1.29 is 19.1 Å². The highest BCUT2D eigenvalue weighted by Gasteiger charge is 2.30. The topological polar surface area (TPSA) is 64.6 Å². The van der Waals surface area contributed by atoms with E-state index >= 15 is 0 Å². The Hall–Kier alpha value is -3.12. The van der Waals surface area contributed by atoms with Gasteiger partial charge in [0.2, 0.25) is 0 Å². The van der Waals surface area contributed by atoms with Crippen LogP contribution in [0, 0.1) is 0 Å². The van der Waals surface area contributed by atoms with Crippen LogP contribution in [0.4, 0.5) is 5.69 Å². The maximum Gasteiger partial charge on any atom is 0.353 e. The molecule has 0 radical (unpaired) electrons. The van der Waals surface area contributed by atoms with Crippen molar-refractivity contribution in [1.29, 1.82) is 0 Å². The molecule has 26 heavy (non-hydrogen) atoms. The summed E-state index contributed by atoms with van der Waals surface area (Å²) in [5, 5.41) is 4.65. The summed E-state index contributed by atoms with van der Waals surface area (Å²) < 4.78 is 11.0. The van der Waals surface area contributed by atoms with Crippen LogP contribution in [0.5, 0.6) is 11.5 Å². The van der Waals surface area contributed by atoms with E-state index in [0.717, 1.165) is 11.3 Å². The molecule has 0 unspecified atom stereocenters. The maximum atomic E-state index is 12.3. The van der Waals surface area contributed by atoms with Gasteiger partial charge in [0.15, 0.2) is 6.10 Å². The van der Waals surface area contributed by atoms with Gasteiger partial charge in [0.1, 0.15) is 11.5 Å². The molecule has 6 heteroatoms. The molecule has 0 spiro atoms. The molecule has 0 saturated carbocycles. The number of hydrogen-bond acceptors (Lipinski definition) is 5. The van der Waals surface area contributed by atoms with Gasteiger partial charge >= 0.3 is 5.97 Å². The lowest BCUT2D eigenvalue weighted by molar-refractivity contribution is -0.141. The minimum absolute atomic E-state index is 0.165. The number of benzene rings is 2. The van der Waals surface area contributed by atoms with E-state index in [1.54, 1.807) is 30.3 Å². The Balaban J connectivity index is 1.36. The van der Waals surface area contributed by atoms with Gasteiger partial charge in [-0.3, -0.25) is 4.79 Å². The van der Waals surface area contributed by atoms with Gasteiger partial charge in [-0.1, -0.05) is 24.3 Å². The number of esters is 1. The predicted octanol–water partition coefficient (Wildman–Crippen LogP) is 3.91. The van der Waals surface area contributed by atoms with E-state index < -0.39 is 12.1 Å². The molecule has 0 saturated heterocycles. The zero-order valence-electron chi connectivity index (χ0n) is 13.7. The highest BCUT2D eigenvalue weighted by atomic mass is 32.1. The quantitative estimate of drug-likeness (QED) is 0.562. The van der Waals surface area contributed by atoms with Crippen LogP contribution < -0.4 is 14.8 Å². The molecule has 0 aliphatic carbocycles. The number of amides is 1. The number of fused-ring (bicyclic) bond motifs is 1. The number of nitrogens with one attached hydrogen (secondary N) is 1. The standard InChI is InChI=1S/C20H15NO4S/c22-19(18-6-3-11-26-18)21-14-7-9-15(10-8-14)24-20(23)17-12-13-4-1-2-5-16(13)25-17/h1-11,17H,12H2,(H,21,22)/t17-/m0/s1. The van der Waals surface area contributed by atoms with Gasteiger partial charge in [-0.15, -0.1) is 11.3 Å². The molecule has 1 N–H and O–H groups in total. The van der Waals surface area contributed by atoms with Crippen molar-refractivity contribution >= 4 is 28.9 Å². The lowest BCUT2D eigenvalue weighted by Crippen LogP contribution is -2.29. The van der Waals surface area contributed by atoms with Gasteiger partial charge in [0, 0.05) is 12.1 Å². The Bertz CT molecular complexity index is 910. The largest absolute Gasteiger partial charge is 0.478 e. The summed E-state index contributed by atoms with van der Waals surface area (Å²) in [7, 11) is 0. The number of carbonyl (C=O) groups excluding carboxylic acids is 2. The van der Waals surface area contributed by atoms with E-state index in [4.69, 9.17) is 9.47 Å². The van der Waals surface area contributed by atoms with Crippen LogP contribution in [0.15, 0.2) is 66.0 Å². The lowest BCUT2D eigenvalue weighted by atomic mass is 10.1. The van der Waals surface area contributed by atoms with Crippen LogP contribution in [0.25, 0.3) is 0 Å². The first-order chi connectivity index (χ1) is 12.7. The third-order valence-electron chi connectivity index (χ3n) is 3.99. The van der Waals surface area contributed by atoms with E-state index in [-0.39, 0.29) is 5.91 Å². The minimum Gasteiger partial charge on any atom is -0.478 e. The second kappa shape index (κ2) is 7.01. The maximum absolute atomic E-state index is 12.3. The van der Waals surface area contributed by atoms with Crippen molar-refractivity contribution in [2.45, 2.75) is 12.5 Å².